The molecule has 188 valence electrons. The number of halogens is 1. The highest BCUT2D eigenvalue weighted by molar-refractivity contribution is 6.30. The number of fused-ring (bicyclic) bond motifs is 1. The zero-order valence-electron chi connectivity index (χ0n) is 21.1. The zero-order valence-corrected chi connectivity index (χ0v) is 21.8. The Hall–Kier alpha value is -2.77. The zero-order chi connectivity index (χ0) is 25.1. The normalized spacial score (nSPS) is 16.8. The van der Waals surface area contributed by atoms with E-state index in [1.807, 2.05) is 30.5 Å². The molecule has 7 heteroatoms. The van der Waals surface area contributed by atoms with E-state index in [9.17, 15) is 5.11 Å². The monoisotopic (exact) mass is 503 g/mol. The van der Waals surface area contributed by atoms with Crippen LogP contribution in [0.15, 0.2) is 60.8 Å². The van der Waals surface area contributed by atoms with Crippen LogP contribution in [0.1, 0.15) is 52.4 Å². The average Bonchev–Trinajstić information content (AvgIpc) is 3.21. The quantitative estimate of drug-likeness (QED) is 0.358. The van der Waals surface area contributed by atoms with Crippen LogP contribution in [-0.4, -0.2) is 49.6 Å². The number of likely N-dealkylation sites (tertiary alicyclic amines) is 1. The van der Waals surface area contributed by atoms with Gasteiger partial charge in [0.1, 0.15) is 0 Å². The van der Waals surface area contributed by atoms with Gasteiger partial charge < -0.3 is 5.11 Å². The number of aromatic nitrogens is 3. The Morgan fingerprint density at radius 1 is 1.00 bits per heavy atom. The van der Waals surface area contributed by atoms with Gasteiger partial charge in [-0.1, -0.05) is 48.0 Å². The van der Waals surface area contributed by atoms with Crippen LogP contribution < -0.4 is 0 Å². The Labute approximate surface area is 218 Å². The first-order valence-corrected chi connectivity index (χ1v) is 13.0. The van der Waals surface area contributed by atoms with Gasteiger partial charge in [-0.15, -0.1) is 0 Å². The highest BCUT2D eigenvalue weighted by atomic mass is 35.5. The van der Waals surface area contributed by atoms with Crippen LogP contribution in [0.3, 0.4) is 0 Å². The van der Waals surface area contributed by atoms with Crippen LogP contribution in [0.2, 0.25) is 5.02 Å². The van der Waals surface area contributed by atoms with Crippen LogP contribution in [0, 0.1) is 6.92 Å². The lowest BCUT2D eigenvalue weighted by Crippen LogP contribution is -2.34. The molecule has 1 aliphatic rings. The lowest BCUT2D eigenvalue weighted by Gasteiger charge is -2.33. The molecular formula is C29H34ClN5O. The predicted molar refractivity (Wildman–Crippen MR) is 144 cm³/mol. The number of nitrogens with zero attached hydrogens (tertiary/aromatic N) is 5. The Bertz CT molecular complexity index is 1300. The predicted octanol–water partition coefficient (Wildman–Crippen LogP) is 5.20. The molecular weight excluding hydrogens is 470 g/mol. The molecule has 3 heterocycles. The van der Waals surface area contributed by atoms with Crippen molar-refractivity contribution in [3.8, 4) is 0 Å². The van der Waals surface area contributed by atoms with E-state index in [0.29, 0.717) is 5.92 Å². The van der Waals surface area contributed by atoms with Gasteiger partial charge in [-0.2, -0.15) is 5.10 Å². The second-order valence-corrected chi connectivity index (χ2v) is 10.5. The number of aryl methyl sites for hydroxylation is 1. The van der Waals surface area contributed by atoms with Gasteiger partial charge >= 0.3 is 0 Å². The molecule has 1 saturated heterocycles. The van der Waals surface area contributed by atoms with Crippen molar-refractivity contribution in [1.29, 1.82) is 0 Å². The third-order valence-electron chi connectivity index (χ3n) is 7.17. The van der Waals surface area contributed by atoms with Crippen molar-refractivity contribution in [2.45, 2.75) is 51.9 Å². The second-order valence-electron chi connectivity index (χ2n) is 10.0. The minimum Gasteiger partial charge on any atom is -0.392 e. The maximum absolute atomic E-state index is 9.29. The van der Waals surface area contributed by atoms with Gasteiger partial charge in [0.05, 0.1) is 18.0 Å². The van der Waals surface area contributed by atoms with Gasteiger partial charge in [-0.3, -0.25) is 9.80 Å². The molecule has 1 fully saturated rings. The largest absolute Gasteiger partial charge is 0.392 e. The molecule has 2 aromatic carbocycles. The maximum atomic E-state index is 9.29. The fourth-order valence-electron chi connectivity index (χ4n) is 5.29. The van der Waals surface area contributed by atoms with E-state index in [1.165, 1.54) is 28.8 Å². The van der Waals surface area contributed by atoms with E-state index < -0.39 is 0 Å². The number of benzene rings is 2. The molecule has 2 aromatic heterocycles. The third-order valence-corrected chi connectivity index (χ3v) is 7.43. The van der Waals surface area contributed by atoms with Gasteiger partial charge in [-0.05, 0) is 68.2 Å². The van der Waals surface area contributed by atoms with E-state index in [-0.39, 0.29) is 6.61 Å². The summed E-state index contributed by atoms with van der Waals surface area (Å²) in [6, 6.07) is 18.5. The third kappa shape index (κ3) is 5.62. The lowest BCUT2D eigenvalue weighted by atomic mass is 9.94. The van der Waals surface area contributed by atoms with E-state index in [0.717, 1.165) is 61.1 Å². The number of hydrogen-bond donors (Lipinski definition) is 1. The number of aliphatic hydroxyl groups excluding tert-OH is 1. The molecule has 4 aromatic rings. The number of rotatable bonds is 8. The Morgan fingerprint density at radius 2 is 1.72 bits per heavy atom. The first kappa shape index (κ1) is 24.9. The summed E-state index contributed by atoms with van der Waals surface area (Å²) >= 11 is 6.07. The number of piperidine rings is 1. The molecule has 0 bridgehead atoms. The van der Waals surface area contributed by atoms with Crippen molar-refractivity contribution < 1.29 is 5.11 Å². The summed E-state index contributed by atoms with van der Waals surface area (Å²) in [5, 5.41) is 15.0. The summed E-state index contributed by atoms with van der Waals surface area (Å²) in [4.78, 5) is 9.59. The molecule has 6 nitrogen and oxygen atoms in total. The van der Waals surface area contributed by atoms with Crippen LogP contribution in [0.25, 0.3) is 5.65 Å². The molecule has 0 radical (unpaired) electrons. The number of hydrogen-bond acceptors (Lipinski definition) is 5. The SMILES string of the molecule is Cc1nn2c(C3CCCN(Cc4ccc(Cl)cc4)C3)ccnc2c1CN(C)Cc1ccc(CO)cc1. The Balaban J connectivity index is 1.32. The summed E-state index contributed by atoms with van der Waals surface area (Å²) in [6.45, 7) is 6.83. The first-order valence-electron chi connectivity index (χ1n) is 12.7. The molecule has 1 aliphatic heterocycles. The Kier molecular flexibility index (Phi) is 7.67. The molecule has 0 aliphatic carbocycles. The molecule has 1 atom stereocenters. The Morgan fingerprint density at radius 3 is 2.47 bits per heavy atom. The van der Waals surface area contributed by atoms with Crippen molar-refractivity contribution in [2.24, 2.45) is 0 Å². The van der Waals surface area contributed by atoms with Gasteiger partial charge in [-0.25, -0.2) is 9.50 Å². The summed E-state index contributed by atoms with van der Waals surface area (Å²) in [7, 11) is 2.13. The highest BCUT2D eigenvalue weighted by Crippen LogP contribution is 2.29. The van der Waals surface area contributed by atoms with Crippen LogP contribution in [0.5, 0.6) is 0 Å². The standard InChI is InChI=1S/C29H34ClN5O/c1-21-27(19-33(2)16-22-5-7-24(20-36)8-6-22)29-31-14-13-28(35(29)32-21)25-4-3-15-34(18-25)17-23-9-11-26(30)12-10-23/h5-14,25,36H,3-4,15-20H2,1-2H3. The average molecular weight is 504 g/mol. The summed E-state index contributed by atoms with van der Waals surface area (Å²) < 4.78 is 2.09. The van der Waals surface area contributed by atoms with E-state index in [4.69, 9.17) is 21.7 Å². The van der Waals surface area contributed by atoms with Crippen molar-refractivity contribution in [3.63, 3.8) is 0 Å². The van der Waals surface area contributed by atoms with E-state index in [1.54, 1.807) is 0 Å². The van der Waals surface area contributed by atoms with Crippen molar-refractivity contribution in [1.82, 2.24) is 24.4 Å². The molecule has 1 unspecified atom stereocenters. The molecule has 0 saturated carbocycles. The lowest BCUT2D eigenvalue weighted by molar-refractivity contribution is 0.197. The summed E-state index contributed by atoms with van der Waals surface area (Å²) in [6.07, 6.45) is 4.28. The van der Waals surface area contributed by atoms with Crippen LogP contribution in [-0.2, 0) is 26.2 Å². The number of aliphatic hydroxyl groups is 1. The summed E-state index contributed by atoms with van der Waals surface area (Å²) in [5.41, 5.74) is 7.88. The summed E-state index contributed by atoms with van der Waals surface area (Å²) in [5.74, 6) is 0.423. The maximum Gasteiger partial charge on any atom is 0.160 e. The second kappa shape index (κ2) is 11.1. The van der Waals surface area contributed by atoms with Crippen molar-refractivity contribution in [3.05, 3.63) is 99.5 Å². The molecule has 5 rings (SSSR count). The van der Waals surface area contributed by atoms with Crippen LogP contribution in [0.4, 0.5) is 0 Å². The fourth-order valence-corrected chi connectivity index (χ4v) is 5.41. The molecule has 1 N–H and O–H groups in total. The molecule has 0 amide bonds. The van der Waals surface area contributed by atoms with Crippen molar-refractivity contribution in [2.75, 3.05) is 20.1 Å². The fraction of sp³-hybridized carbons (Fsp3) is 0.379. The molecule has 36 heavy (non-hydrogen) atoms. The van der Waals surface area contributed by atoms with Gasteiger partial charge in [0.15, 0.2) is 5.65 Å². The van der Waals surface area contributed by atoms with E-state index in [2.05, 4.69) is 58.6 Å². The minimum atomic E-state index is 0.0750. The van der Waals surface area contributed by atoms with E-state index >= 15 is 0 Å². The van der Waals surface area contributed by atoms with Gasteiger partial charge in [0, 0.05) is 48.9 Å². The topological polar surface area (TPSA) is 56.9 Å². The van der Waals surface area contributed by atoms with Gasteiger partial charge in [0.2, 0.25) is 0 Å². The molecule has 0 spiro atoms. The van der Waals surface area contributed by atoms with Crippen molar-refractivity contribution >= 4 is 17.2 Å². The first-order chi connectivity index (χ1) is 17.5. The van der Waals surface area contributed by atoms with Gasteiger partial charge in [0.25, 0.3) is 0 Å². The van der Waals surface area contributed by atoms with Crippen LogP contribution >= 0.6 is 11.6 Å². The minimum absolute atomic E-state index is 0.0750. The highest BCUT2D eigenvalue weighted by Gasteiger charge is 2.25. The smallest absolute Gasteiger partial charge is 0.160 e.